The molecule has 1 N–H and O–H groups in total. The highest BCUT2D eigenvalue weighted by Gasteiger charge is 2.45. The number of nitrogens with one attached hydrogen (secondary N) is 1. The molecule has 0 aromatic carbocycles. The summed E-state index contributed by atoms with van der Waals surface area (Å²) in [4.78, 5) is 2.35. The summed E-state index contributed by atoms with van der Waals surface area (Å²) in [5.74, 6) is -1.15. The van der Waals surface area contributed by atoms with E-state index in [4.69, 9.17) is 0 Å². The van der Waals surface area contributed by atoms with E-state index in [9.17, 15) is 13.2 Å². The van der Waals surface area contributed by atoms with Crippen molar-refractivity contribution in [3.05, 3.63) is 0 Å². The van der Waals surface area contributed by atoms with Crippen LogP contribution < -0.4 is 5.32 Å². The number of halogens is 3. The monoisotopic (exact) mass is 278 g/mol. The summed E-state index contributed by atoms with van der Waals surface area (Å²) in [7, 11) is 0. The van der Waals surface area contributed by atoms with Gasteiger partial charge in [0.1, 0.15) is 0 Å². The lowest BCUT2D eigenvalue weighted by Gasteiger charge is -2.36. The third-order valence-electron chi connectivity index (χ3n) is 4.42. The van der Waals surface area contributed by atoms with Crippen LogP contribution in [0.25, 0.3) is 0 Å². The molecule has 19 heavy (non-hydrogen) atoms. The summed E-state index contributed by atoms with van der Waals surface area (Å²) in [6.07, 6.45) is 0.976. The molecule has 2 nitrogen and oxygen atoms in total. The van der Waals surface area contributed by atoms with E-state index in [1.807, 2.05) is 6.92 Å². The fourth-order valence-corrected chi connectivity index (χ4v) is 3.49. The largest absolute Gasteiger partial charge is 0.393 e. The Hall–Kier alpha value is -0.290. The van der Waals surface area contributed by atoms with Crippen LogP contribution in [-0.2, 0) is 0 Å². The average molecular weight is 278 g/mol. The van der Waals surface area contributed by atoms with Gasteiger partial charge in [-0.15, -0.1) is 0 Å². The van der Waals surface area contributed by atoms with Crippen LogP contribution >= 0.6 is 0 Å². The first kappa shape index (κ1) is 15.1. The van der Waals surface area contributed by atoms with Crippen molar-refractivity contribution in [2.45, 2.75) is 63.7 Å². The van der Waals surface area contributed by atoms with E-state index in [0.717, 1.165) is 26.1 Å². The Morgan fingerprint density at radius 2 is 1.74 bits per heavy atom. The molecule has 1 heterocycles. The molecule has 1 aliphatic heterocycles. The van der Waals surface area contributed by atoms with Gasteiger partial charge >= 0.3 is 6.18 Å². The van der Waals surface area contributed by atoms with Crippen molar-refractivity contribution in [3.63, 3.8) is 0 Å². The molecule has 0 aromatic rings. The van der Waals surface area contributed by atoms with Crippen LogP contribution in [0.4, 0.5) is 13.2 Å². The normalized spacial score (nSPS) is 31.6. The highest BCUT2D eigenvalue weighted by molar-refractivity contribution is 4.87. The number of alkyl halides is 3. The second-order valence-corrected chi connectivity index (χ2v) is 6.11. The molecule has 1 aliphatic carbocycles. The summed E-state index contributed by atoms with van der Waals surface area (Å²) >= 11 is 0. The lowest BCUT2D eigenvalue weighted by atomic mass is 9.83. The number of rotatable bonds is 4. The maximum atomic E-state index is 13.0. The second kappa shape index (κ2) is 6.44. The molecule has 112 valence electrons. The van der Waals surface area contributed by atoms with Gasteiger partial charge in [0.25, 0.3) is 0 Å². The van der Waals surface area contributed by atoms with Crippen LogP contribution in [0, 0.1) is 5.92 Å². The summed E-state index contributed by atoms with van der Waals surface area (Å²) in [6.45, 7) is 5.08. The van der Waals surface area contributed by atoms with Gasteiger partial charge < -0.3 is 10.2 Å². The van der Waals surface area contributed by atoms with Gasteiger partial charge in [-0.25, -0.2) is 0 Å². The molecule has 2 rings (SSSR count). The second-order valence-electron chi connectivity index (χ2n) is 6.11. The van der Waals surface area contributed by atoms with Crippen LogP contribution in [-0.4, -0.2) is 42.8 Å². The maximum Gasteiger partial charge on any atom is 0.393 e. The first-order valence-corrected chi connectivity index (χ1v) is 7.52. The standard InChI is InChI=1S/C14H25F3N2/c1-11(10-19-8-4-5-9-19)18-13-7-3-2-6-12(13)14(15,16)17/h11-13,18H,2-10H2,1H3. The SMILES string of the molecule is CC(CN1CCCC1)NC1CCCCC1C(F)(F)F. The Morgan fingerprint density at radius 1 is 1.11 bits per heavy atom. The molecule has 2 aliphatic rings. The predicted molar refractivity (Wildman–Crippen MR) is 70.1 cm³/mol. The van der Waals surface area contributed by atoms with Crippen molar-refractivity contribution >= 4 is 0 Å². The number of hydrogen-bond donors (Lipinski definition) is 1. The van der Waals surface area contributed by atoms with E-state index in [2.05, 4.69) is 10.2 Å². The molecule has 0 radical (unpaired) electrons. The van der Waals surface area contributed by atoms with Crippen molar-refractivity contribution in [2.75, 3.05) is 19.6 Å². The summed E-state index contributed by atoms with van der Waals surface area (Å²) < 4.78 is 39.0. The van der Waals surface area contributed by atoms with Gasteiger partial charge in [-0.2, -0.15) is 13.2 Å². The fourth-order valence-electron chi connectivity index (χ4n) is 3.49. The molecule has 0 spiro atoms. The van der Waals surface area contributed by atoms with Gasteiger partial charge in [-0.1, -0.05) is 12.8 Å². The molecule has 2 fully saturated rings. The van der Waals surface area contributed by atoms with E-state index in [-0.39, 0.29) is 18.5 Å². The lowest BCUT2D eigenvalue weighted by molar-refractivity contribution is -0.189. The van der Waals surface area contributed by atoms with Crippen LogP contribution in [0.15, 0.2) is 0 Å². The van der Waals surface area contributed by atoms with Crippen LogP contribution in [0.1, 0.15) is 45.4 Å². The highest BCUT2D eigenvalue weighted by atomic mass is 19.4. The van der Waals surface area contributed by atoms with Crippen LogP contribution in [0.3, 0.4) is 0 Å². The molecule has 0 aromatic heterocycles. The summed E-state index contributed by atoms with van der Waals surface area (Å²) in [6, 6.07) is -0.239. The van der Waals surface area contributed by atoms with E-state index in [1.54, 1.807) is 0 Å². The molecule has 3 atom stereocenters. The molecule has 3 unspecified atom stereocenters. The zero-order valence-corrected chi connectivity index (χ0v) is 11.7. The van der Waals surface area contributed by atoms with Crippen molar-refractivity contribution in [1.29, 1.82) is 0 Å². The number of hydrogen-bond acceptors (Lipinski definition) is 2. The van der Waals surface area contributed by atoms with Crippen molar-refractivity contribution in [1.82, 2.24) is 10.2 Å². The minimum atomic E-state index is -4.05. The first-order chi connectivity index (χ1) is 8.97. The molecule has 0 bridgehead atoms. The Labute approximate surface area is 113 Å². The van der Waals surface area contributed by atoms with Gasteiger partial charge in [-0.05, 0) is 45.7 Å². The predicted octanol–water partition coefficient (Wildman–Crippen LogP) is 3.18. The van der Waals surface area contributed by atoms with Gasteiger partial charge in [0.2, 0.25) is 0 Å². The van der Waals surface area contributed by atoms with Crippen molar-refractivity contribution in [2.24, 2.45) is 5.92 Å². The Morgan fingerprint density at radius 3 is 2.37 bits per heavy atom. The van der Waals surface area contributed by atoms with E-state index in [1.165, 1.54) is 12.8 Å². The Balaban J connectivity index is 1.84. The average Bonchev–Trinajstić information content (AvgIpc) is 2.81. The smallest absolute Gasteiger partial charge is 0.310 e. The van der Waals surface area contributed by atoms with Crippen molar-refractivity contribution in [3.8, 4) is 0 Å². The third-order valence-corrected chi connectivity index (χ3v) is 4.42. The number of likely N-dealkylation sites (tertiary alicyclic amines) is 1. The zero-order valence-electron chi connectivity index (χ0n) is 11.7. The molecule has 1 saturated carbocycles. The lowest BCUT2D eigenvalue weighted by Crippen LogP contribution is -2.51. The molecule has 1 saturated heterocycles. The van der Waals surface area contributed by atoms with Crippen LogP contribution in [0.5, 0.6) is 0 Å². The minimum Gasteiger partial charge on any atom is -0.310 e. The van der Waals surface area contributed by atoms with Gasteiger partial charge in [0.15, 0.2) is 0 Å². The van der Waals surface area contributed by atoms with E-state index < -0.39 is 12.1 Å². The molecule has 5 heteroatoms. The van der Waals surface area contributed by atoms with Gasteiger partial charge in [0.05, 0.1) is 5.92 Å². The van der Waals surface area contributed by atoms with Crippen LogP contribution in [0.2, 0.25) is 0 Å². The zero-order chi connectivity index (χ0) is 13.9. The number of nitrogens with zero attached hydrogens (tertiary/aromatic N) is 1. The topological polar surface area (TPSA) is 15.3 Å². The minimum absolute atomic E-state index is 0.144. The Bertz CT molecular complexity index is 274. The molecular formula is C14H25F3N2. The summed E-state index contributed by atoms with van der Waals surface area (Å²) in [5.41, 5.74) is 0. The van der Waals surface area contributed by atoms with Gasteiger partial charge in [-0.3, -0.25) is 0 Å². The van der Waals surface area contributed by atoms with E-state index in [0.29, 0.717) is 12.8 Å². The fraction of sp³-hybridized carbons (Fsp3) is 1.00. The third kappa shape index (κ3) is 4.35. The highest BCUT2D eigenvalue weighted by Crippen LogP contribution is 2.37. The van der Waals surface area contributed by atoms with Crippen molar-refractivity contribution < 1.29 is 13.2 Å². The quantitative estimate of drug-likeness (QED) is 0.849. The maximum absolute atomic E-state index is 13.0. The first-order valence-electron chi connectivity index (χ1n) is 7.52. The van der Waals surface area contributed by atoms with E-state index >= 15 is 0 Å². The van der Waals surface area contributed by atoms with Gasteiger partial charge in [0, 0.05) is 18.6 Å². The molecular weight excluding hydrogens is 253 g/mol. The Kier molecular flexibility index (Phi) is 5.12. The molecule has 0 amide bonds. The summed E-state index contributed by atoms with van der Waals surface area (Å²) in [5, 5.41) is 3.24.